The summed E-state index contributed by atoms with van der Waals surface area (Å²) >= 11 is 2.00. The van der Waals surface area contributed by atoms with Crippen LogP contribution < -0.4 is 41.3 Å². The van der Waals surface area contributed by atoms with Crippen molar-refractivity contribution in [2.45, 2.75) is 190 Å². The van der Waals surface area contributed by atoms with Crippen molar-refractivity contribution in [3.63, 3.8) is 0 Å². The van der Waals surface area contributed by atoms with Crippen LogP contribution in [-0.2, 0) is 59.8 Å². The van der Waals surface area contributed by atoms with Crippen molar-refractivity contribution in [2.24, 2.45) is 9.98 Å². The molecule has 0 fully saturated rings. The fourth-order valence-electron chi connectivity index (χ4n) is 15.5. The number of hydrogen-bond donors (Lipinski definition) is 0. The van der Waals surface area contributed by atoms with Gasteiger partial charge in [0.05, 0.1) is 22.8 Å². The number of rotatable bonds is 10. The largest absolute Gasteiger partial charge is 0.674 e. The molecule has 0 amide bonds. The summed E-state index contributed by atoms with van der Waals surface area (Å²) in [7, 11) is 0. The molecule has 4 aromatic heterocycles. The second kappa shape index (κ2) is 24.2. The van der Waals surface area contributed by atoms with E-state index in [0.29, 0.717) is 0 Å². The van der Waals surface area contributed by atoms with Crippen molar-refractivity contribution >= 4 is 70.8 Å². The third kappa shape index (κ3) is 9.75. The first kappa shape index (κ1) is 62.2. The van der Waals surface area contributed by atoms with Gasteiger partial charge in [-0.3, -0.25) is 0 Å². The van der Waals surface area contributed by atoms with Gasteiger partial charge in [-0.15, -0.1) is 79.5 Å². The van der Waals surface area contributed by atoms with Gasteiger partial charge in [-0.05, 0) is 151 Å². The second-order valence-corrected chi connectivity index (χ2v) is 25.4. The second-order valence-electron chi connectivity index (χ2n) is 24.3. The zero-order valence-corrected chi connectivity index (χ0v) is 56.2. The van der Waals surface area contributed by atoms with E-state index < -0.39 is 0 Å². The Labute approximate surface area is 541 Å². The van der Waals surface area contributed by atoms with E-state index in [1.807, 2.05) is 11.8 Å². The Morgan fingerprint density at radius 1 is 0.483 bits per heavy atom. The number of nitrogens with zero attached hydrogens (tertiary/aromatic N) is 8. The van der Waals surface area contributed by atoms with Gasteiger partial charge in [-0.25, -0.2) is 9.98 Å². The molecule has 458 valence electrons. The van der Waals surface area contributed by atoms with Crippen LogP contribution in [0, 0.1) is 27.7 Å². The molecule has 0 spiro atoms. The third-order valence-electron chi connectivity index (χ3n) is 20.2. The molecular weight excluding hydrogens is 1180 g/mol. The Bertz CT molecular complexity index is 4470. The summed E-state index contributed by atoms with van der Waals surface area (Å²) in [5, 5.41) is 15.8. The molecule has 1 aromatic carbocycles. The van der Waals surface area contributed by atoms with Crippen LogP contribution in [0.25, 0.3) is 58.2 Å². The monoisotopic (exact) mass is 1260 g/mol. The first-order valence-electron chi connectivity index (χ1n) is 31.6. The average Bonchev–Trinajstić information content (AvgIpc) is 1.69. The van der Waals surface area contributed by atoms with Crippen LogP contribution in [-0.4, -0.2) is 28.8 Å². The Hall–Kier alpha value is -6.45. The average molecular weight is 1260 g/mol. The number of benzene rings is 1. The molecule has 0 N–H and O–H groups in total. The summed E-state index contributed by atoms with van der Waals surface area (Å²) in [6.07, 6.45) is 27.8. The molecule has 0 saturated heterocycles. The van der Waals surface area contributed by atoms with Crippen LogP contribution in [0.15, 0.2) is 124 Å². The van der Waals surface area contributed by atoms with Gasteiger partial charge in [0.25, 0.3) is 0 Å². The molecule has 2 radical (unpaired) electrons. The Morgan fingerprint density at radius 2 is 0.954 bits per heavy atom. The summed E-state index contributed by atoms with van der Waals surface area (Å²) in [5.41, 5.74) is 36.0. The molecule has 7 aliphatic heterocycles. The molecule has 4 atom stereocenters. The third-order valence-corrected chi connectivity index (χ3v) is 21.7. The van der Waals surface area contributed by atoms with Crippen LogP contribution in [0.5, 0.6) is 0 Å². The van der Waals surface area contributed by atoms with Crippen molar-refractivity contribution in [3.05, 3.63) is 220 Å². The van der Waals surface area contributed by atoms with E-state index in [2.05, 4.69) is 184 Å². The van der Waals surface area contributed by atoms with Crippen molar-refractivity contribution in [2.75, 3.05) is 0 Å². The number of fused-ring (bicyclic) bond motifs is 17. The zero-order chi connectivity index (χ0) is 59.6. The maximum atomic E-state index is 5.88. The molecule has 8 nitrogen and oxygen atoms in total. The first-order valence-corrected chi connectivity index (χ1v) is 32.5. The molecule has 4 unspecified atom stereocenters. The van der Waals surface area contributed by atoms with Gasteiger partial charge in [0.15, 0.2) is 0 Å². The Morgan fingerprint density at radius 3 is 1.41 bits per heavy atom. The molecule has 8 aliphatic rings. The SMILES string of the molecule is CCC1=C(C)/C2=C/c3[n-]c(c(C)c3CC)/C(C3=CC=CC4c5cccc(/C6=C7/[N-]C(/C=c8\[n-]/c(c(CC)c8C)=C\C8=NC(=C\c9[n-]c6c(C)c9CC)/C(C)=C8CC)C(CC)=C7C)c5SC34)=C3\[N-]C(/C=c4\[n-]/c(c(CC)c4C)=C\C1=N2)C(CC)=C3C.[Cu].[Cu]. The van der Waals surface area contributed by atoms with Gasteiger partial charge in [-0.1, -0.05) is 201 Å². The van der Waals surface area contributed by atoms with Crippen LogP contribution >= 0.6 is 11.8 Å². The van der Waals surface area contributed by atoms with E-state index in [1.165, 1.54) is 111 Å². The van der Waals surface area contributed by atoms with Crippen LogP contribution in [0.2, 0.25) is 0 Å². The summed E-state index contributed by atoms with van der Waals surface area (Å²) in [4.78, 5) is 34.6. The topological polar surface area (TPSA) is 109 Å². The van der Waals surface area contributed by atoms with Gasteiger partial charge >= 0.3 is 0 Å². The fourth-order valence-corrected chi connectivity index (χ4v) is 17.1. The molecule has 11 heterocycles. The normalized spacial score (nSPS) is 25.3. The number of allylic oxidation sites excluding steroid dienone is 10. The van der Waals surface area contributed by atoms with Crippen molar-refractivity contribution in [1.82, 2.24) is 19.9 Å². The van der Waals surface area contributed by atoms with E-state index in [0.717, 1.165) is 141 Å². The quantitative estimate of drug-likeness (QED) is 0.129. The van der Waals surface area contributed by atoms with Gasteiger partial charge in [0, 0.05) is 50.2 Å². The first-order chi connectivity index (χ1) is 41.1. The molecular formula is C76H80Cu2N8S-6. The van der Waals surface area contributed by atoms with E-state index in [4.69, 9.17) is 40.6 Å². The summed E-state index contributed by atoms with van der Waals surface area (Å²) in [6, 6.07) is 6.69. The summed E-state index contributed by atoms with van der Waals surface area (Å²) in [6.45, 7) is 36.2. The number of aromatic nitrogens is 4. The van der Waals surface area contributed by atoms with Crippen molar-refractivity contribution in [3.8, 4) is 0 Å². The minimum Gasteiger partial charge on any atom is -0.674 e. The molecule has 1 aliphatic carbocycles. The molecule has 87 heavy (non-hydrogen) atoms. The predicted octanol–water partition coefficient (Wildman–Crippen LogP) is 14.8. The Kier molecular flexibility index (Phi) is 17.3. The molecule has 16 bridgehead atoms. The minimum absolute atomic E-state index is 0. The van der Waals surface area contributed by atoms with Gasteiger partial charge < -0.3 is 30.6 Å². The molecule has 0 saturated carbocycles. The molecule has 11 heteroatoms. The van der Waals surface area contributed by atoms with E-state index in [-0.39, 0.29) is 57.4 Å². The number of hydrogen-bond acceptors (Lipinski definition) is 3. The van der Waals surface area contributed by atoms with Crippen molar-refractivity contribution in [1.29, 1.82) is 0 Å². The van der Waals surface area contributed by atoms with E-state index >= 15 is 0 Å². The van der Waals surface area contributed by atoms with Crippen LogP contribution in [0.1, 0.15) is 193 Å². The maximum absolute atomic E-state index is 5.88. The van der Waals surface area contributed by atoms with Gasteiger partial charge in [0.1, 0.15) is 0 Å². The van der Waals surface area contributed by atoms with Crippen LogP contribution in [0.3, 0.4) is 0 Å². The number of thioether (sulfide) groups is 1. The van der Waals surface area contributed by atoms with Crippen LogP contribution in [0.4, 0.5) is 0 Å². The van der Waals surface area contributed by atoms with Crippen molar-refractivity contribution < 1.29 is 34.1 Å². The molecule has 13 rings (SSSR count). The fraction of sp³-hybridized carbons (Fsp3) is 0.368. The standard InChI is InChI=1S/C76H80N8S.2Cu/c1-17-45-37(9)57-31-65-49(21-5)41(13)71(81-65)69(72-42(14)50(22-6)66(82-72)32-58-38(10)46(18-2)62(78-58)35-61(45)77-57)55-29-25-27-53-54-28-26-30-56(76(54)85-75(53)55)70-73-43(15)51(23-7)67(83-73)33-59-39(11)47(19-3)63(79-59)36-64-48(20-4)40(12)60(80-64)34-68-52(24-8)44(16)74(70)84-68;;/h25-36,53,65,67,75H,17-24H2,1-16H3;;/q-6;;/b57-31-,58-32-,59-33-,60-34-,61-35-,63-36-,71-69-,73-70-;;. The van der Waals surface area contributed by atoms with Gasteiger partial charge in [-0.2, -0.15) is 0 Å². The maximum Gasteiger partial charge on any atom is 0.0660 e. The molecule has 5 aromatic rings. The summed E-state index contributed by atoms with van der Waals surface area (Å²) < 4.78 is 0. The van der Waals surface area contributed by atoms with Gasteiger partial charge in [0.2, 0.25) is 0 Å². The summed E-state index contributed by atoms with van der Waals surface area (Å²) in [5.74, 6) is 0.0861. The zero-order valence-electron chi connectivity index (χ0n) is 53.5. The predicted molar refractivity (Wildman–Crippen MR) is 358 cm³/mol. The smallest absolute Gasteiger partial charge is 0.0660 e. The Balaban J connectivity index is 0.00000392. The minimum atomic E-state index is -0.169. The van der Waals surface area contributed by atoms with E-state index in [9.17, 15) is 0 Å². The number of aliphatic imine (C=N–C) groups is 2. The van der Waals surface area contributed by atoms with E-state index in [1.54, 1.807) is 0 Å².